The lowest BCUT2D eigenvalue weighted by molar-refractivity contribution is -1.02. The summed E-state index contributed by atoms with van der Waals surface area (Å²) < 4.78 is 0. The van der Waals surface area contributed by atoms with Gasteiger partial charge in [0.15, 0.2) is 0 Å². The Bertz CT molecular complexity index is 723. The van der Waals surface area contributed by atoms with E-state index in [1.165, 1.54) is 52.8 Å². The lowest BCUT2D eigenvalue weighted by Crippen LogP contribution is -3.27. The molecule has 0 spiro atoms. The highest BCUT2D eigenvalue weighted by Crippen LogP contribution is 2.41. The van der Waals surface area contributed by atoms with E-state index in [1.54, 1.807) is 15.4 Å². The summed E-state index contributed by atoms with van der Waals surface area (Å²) in [5.41, 5.74) is 3.09. The number of thioether (sulfide) groups is 1. The van der Waals surface area contributed by atoms with E-state index in [9.17, 15) is 0 Å². The van der Waals surface area contributed by atoms with E-state index in [0.29, 0.717) is 6.04 Å². The molecular weight excluding hydrogens is 332 g/mol. The maximum absolute atomic E-state index is 2.46. The van der Waals surface area contributed by atoms with Crippen molar-refractivity contribution in [2.45, 2.75) is 27.1 Å². The molecule has 2 N–H and O–H groups in total. The van der Waals surface area contributed by atoms with Crippen LogP contribution in [0.5, 0.6) is 0 Å². The van der Waals surface area contributed by atoms with Crippen LogP contribution in [-0.4, -0.2) is 39.5 Å². The van der Waals surface area contributed by atoms with E-state index in [0.717, 1.165) is 0 Å². The van der Waals surface area contributed by atoms with Crippen LogP contribution in [0.3, 0.4) is 0 Å². The molecule has 1 saturated heterocycles. The SMILES string of the molecule is CSc1ccc2c(c1)[C@H]([NH+]1CC[NH+](C)CC1)Cc1ccccc1S2. The predicted octanol–water partition coefficient (Wildman–Crippen LogP) is 1.57. The van der Waals surface area contributed by atoms with Crippen LogP contribution in [0.15, 0.2) is 57.2 Å². The van der Waals surface area contributed by atoms with Crippen LogP contribution in [0, 0.1) is 0 Å². The van der Waals surface area contributed by atoms with E-state index < -0.39 is 0 Å². The summed E-state index contributed by atoms with van der Waals surface area (Å²) in [5.74, 6) is 0. The molecule has 0 aromatic heterocycles. The Balaban J connectivity index is 1.76. The van der Waals surface area contributed by atoms with Crippen LogP contribution in [0.1, 0.15) is 17.2 Å². The number of quaternary nitrogens is 2. The minimum atomic E-state index is 0.594. The second kappa shape index (κ2) is 7.12. The first-order valence-corrected chi connectivity index (χ1v) is 10.9. The van der Waals surface area contributed by atoms with Gasteiger partial charge in [0.05, 0.1) is 7.05 Å². The number of hydrogen-bond acceptors (Lipinski definition) is 2. The number of piperazine rings is 1. The molecule has 126 valence electrons. The molecule has 2 aromatic carbocycles. The van der Waals surface area contributed by atoms with Gasteiger partial charge in [0.25, 0.3) is 0 Å². The van der Waals surface area contributed by atoms with Gasteiger partial charge < -0.3 is 9.80 Å². The molecule has 0 saturated carbocycles. The van der Waals surface area contributed by atoms with Crippen molar-refractivity contribution in [3.8, 4) is 0 Å². The molecule has 1 fully saturated rings. The van der Waals surface area contributed by atoms with Crippen LogP contribution in [0.4, 0.5) is 0 Å². The van der Waals surface area contributed by atoms with Gasteiger partial charge in [0.1, 0.15) is 32.2 Å². The number of likely N-dealkylation sites (N-methyl/N-ethyl adjacent to an activating group) is 1. The van der Waals surface area contributed by atoms with E-state index >= 15 is 0 Å². The number of benzene rings is 2. The molecule has 4 heteroatoms. The summed E-state index contributed by atoms with van der Waals surface area (Å²) >= 11 is 3.82. The van der Waals surface area contributed by atoms with Crippen LogP contribution in [-0.2, 0) is 6.42 Å². The van der Waals surface area contributed by atoms with Crippen molar-refractivity contribution in [3.05, 3.63) is 53.6 Å². The molecule has 1 atom stereocenters. The highest BCUT2D eigenvalue weighted by Gasteiger charge is 2.33. The Morgan fingerprint density at radius 3 is 2.58 bits per heavy atom. The maximum Gasteiger partial charge on any atom is 0.127 e. The van der Waals surface area contributed by atoms with E-state index in [1.807, 2.05) is 23.5 Å². The average molecular weight is 359 g/mol. The van der Waals surface area contributed by atoms with Gasteiger partial charge in [-0.05, 0) is 36.1 Å². The van der Waals surface area contributed by atoms with Gasteiger partial charge in [-0.3, -0.25) is 0 Å². The zero-order valence-corrected chi connectivity index (χ0v) is 16.1. The minimum absolute atomic E-state index is 0.594. The first-order valence-electron chi connectivity index (χ1n) is 8.84. The standard InChI is InChI=1S/C20H24N2S2/c1-21-9-11-22(12-10-21)18-13-15-5-3-4-6-19(15)24-20-8-7-16(23-2)14-17(18)20/h3-8,14,18H,9-13H2,1-2H3/p+2/t18-/m1/s1. The predicted molar refractivity (Wildman–Crippen MR) is 103 cm³/mol. The molecule has 2 aliphatic rings. The van der Waals surface area contributed by atoms with Gasteiger partial charge in [-0.2, -0.15) is 0 Å². The lowest BCUT2D eigenvalue weighted by atomic mass is 9.96. The molecule has 24 heavy (non-hydrogen) atoms. The van der Waals surface area contributed by atoms with Crippen molar-refractivity contribution in [2.24, 2.45) is 0 Å². The number of nitrogens with one attached hydrogen (secondary N) is 2. The summed E-state index contributed by atoms with van der Waals surface area (Å²) in [7, 11) is 2.33. The molecule has 4 rings (SSSR count). The van der Waals surface area contributed by atoms with Crippen molar-refractivity contribution < 1.29 is 9.80 Å². The number of rotatable bonds is 2. The fourth-order valence-corrected chi connectivity index (χ4v) is 5.52. The van der Waals surface area contributed by atoms with Gasteiger partial charge in [0, 0.05) is 26.7 Å². The quantitative estimate of drug-likeness (QED) is 0.789. The zero-order chi connectivity index (χ0) is 16.5. The second-order valence-corrected chi connectivity index (χ2v) is 8.95. The molecule has 0 amide bonds. The Hall–Kier alpha value is -0.940. The Morgan fingerprint density at radius 2 is 1.79 bits per heavy atom. The van der Waals surface area contributed by atoms with Crippen molar-refractivity contribution >= 4 is 23.5 Å². The largest absolute Gasteiger partial charge is 0.328 e. The van der Waals surface area contributed by atoms with Crippen molar-refractivity contribution in [2.75, 3.05) is 39.5 Å². The van der Waals surface area contributed by atoms with E-state index in [4.69, 9.17) is 0 Å². The fourth-order valence-electron chi connectivity index (χ4n) is 3.95. The maximum atomic E-state index is 2.46. The number of fused-ring (bicyclic) bond motifs is 2. The summed E-state index contributed by atoms with van der Waals surface area (Å²) in [6.07, 6.45) is 3.35. The summed E-state index contributed by atoms with van der Waals surface area (Å²) in [4.78, 5) is 7.75. The number of hydrogen-bond donors (Lipinski definition) is 2. The van der Waals surface area contributed by atoms with E-state index in [-0.39, 0.29) is 0 Å². The lowest BCUT2D eigenvalue weighted by Gasteiger charge is -2.33. The highest BCUT2D eigenvalue weighted by molar-refractivity contribution is 7.99. The molecular formula is C20H26N2S2+2. The van der Waals surface area contributed by atoms with Crippen LogP contribution in [0.2, 0.25) is 0 Å². The van der Waals surface area contributed by atoms with Crippen molar-refractivity contribution in [1.29, 1.82) is 0 Å². The molecule has 2 heterocycles. The second-order valence-electron chi connectivity index (χ2n) is 6.99. The molecule has 2 aliphatic heterocycles. The van der Waals surface area contributed by atoms with Gasteiger partial charge in [-0.25, -0.2) is 0 Å². The van der Waals surface area contributed by atoms with Crippen LogP contribution < -0.4 is 9.80 Å². The first-order chi connectivity index (χ1) is 11.7. The fraction of sp³-hybridized carbons (Fsp3) is 0.400. The average Bonchev–Trinajstić information content (AvgIpc) is 2.78. The van der Waals surface area contributed by atoms with Crippen molar-refractivity contribution in [1.82, 2.24) is 0 Å². The zero-order valence-electron chi connectivity index (χ0n) is 14.5. The topological polar surface area (TPSA) is 8.88 Å². The summed E-state index contributed by atoms with van der Waals surface area (Å²) in [6.45, 7) is 5.15. The van der Waals surface area contributed by atoms with Gasteiger partial charge in [-0.15, -0.1) is 11.8 Å². The molecule has 0 aliphatic carbocycles. The molecule has 0 bridgehead atoms. The van der Waals surface area contributed by atoms with Gasteiger partial charge in [0.2, 0.25) is 0 Å². The Labute approximate surface area is 153 Å². The minimum Gasteiger partial charge on any atom is -0.328 e. The summed E-state index contributed by atoms with van der Waals surface area (Å²) in [6, 6.07) is 16.7. The highest BCUT2D eigenvalue weighted by atomic mass is 32.2. The normalized spacial score (nSPS) is 26.3. The summed E-state index contributed by atoms with van der Waals surface area (Å²) in [5, 5.41) is 0. The molecule has 0 radical (unpaired) electrons. The molecule has 2 aromatic rings. The third-order valence-corrected chi connectivity index (χ3v) is 7.38. The monoisotopic (exact) mass is 358 g/mol. The molecule has 0 unspecified atom stereocenters. The smallest absolute Gasteiger partial charge is 0.127 e. The van der Waals surface area contributed by atoms with Crippen LogP contribution >= 0.6 is 23.5 Å². The van der Waals surface area contributed by atoms with E-state index in [2.05, 4.69) is 55.8 Å². The Kier molecular flexibility index (Phi) is 4.90. The molecule has 2 nitrogen and oxygen atoms in total. The Morgan fingerprint density at radius 1 is 1.00 bits per heavy atom. The van der Waals surface area contributed by atoms with Crippen molar-refractivity contribution in [3.63, 3.8) is 0 Å². The van der Waals surface area contributed by atoms with Gasteiger partial charge in [-0.1, -0.05) is 30.0 Å². The van der Waals surface area contributed by atoms with Gasteiger partial charge >= 0.3 is 0 Å². The first kappa shape index (κ1) is 16.5. The van der Waals surface area contributed by atoms with Crippen LogP contribution in [0.25, 0.3) is 0 Å². The third kappa shape index (κ3) is 3.25. The third-order valence-electron chi connectivity index (χ3n) is 5.45.